The number of aliphatic carboxylic acids is 1. The quantitative estimate of drug-likeness (QED) is 0.760. The van der Waals surface area contributed by atoms with Gasteiger partial charge in [0.1, 0.15) is 5.75 Å². The Balaban J connectivity index is 2.71. The molecule has 0 aliphatic carbocycles. The molecule has 0 saturated carbocycles. The van der Waals surface area contributed by atoms with Crippen molar-refractivity contribution in [3.05, 3.63) is 48.1 Å². The summed E-state index contributed by atoms with van der Waals surface area (Å²) in [6.45, 7) is 7.76. The summed E-state index contributed by atoms with van der Waals surface area (Å²) in [4.78, 5) is 10.3. The lowest BCUT2D eigenvalue weighted by Gasteiger charge is -2.13. The van der Waals surface area contributed by atoms with Crippen molar-refractivity contribution in [2.45, 2.75) is 32.8 Å². The zero-order chi connectivity index (χ0) is 14.3. The summed E-state index contributed by atoms with van der Waals surface area (Å²) >= 11 is 0. The predicted molar refractivity (Wildman–Crippen MR) is 77.4 cm³/mol. The molecule has 0 bridgehead atoms. The van der Waals surface area contributed by atoms with E-state index in [1.807, 2.05) is 32.0 Å². The fourth-order valence-corrected chi connectivity index (χ4v) is 1.71. The zero-order valence-electron chi connectivity index (χ0n) is 11.4. The number of hydrogen-bond acceptors (Lipinski definition) is 2. The Morgan fingerprint density at radius 3 is 2.79 bits per heavy atom. The molecule has 0 amide bonds. The lowest BCUT2D eigenvalue weighted by Crippen LogP contribution is -2.06. The van der Waals surface area contributed by atoms with Crippen LogP contribution in [0.1, 0.15) is 31.4 Å². The minimum absolute atomic E-state index is 0.128. The normalized spacial score (nSPS) is 10.9. The minimum Gasteiger partial charge on any atom is -0.490 e. The smallest absolute Gasteiger partial charge is 0.327 e. The van der Waals surface area contributed by atoms with Crippen molar-refractivity contribution < 1.29 is 14.6 Å². The van der Waals surface area contributed by atoms with Crippen LogP contribution in [0.2, 0.25) is 0 Å². The van der Waals surface area contributed by atoms with Crippen LogP contribution in [0.3, 0.4) is 0 Å². The highest BCUT2D eigenvalue weighted by molar-refractivity contribution is 5.79. The molecule has 0 aromatic heterocycles. The number of carboxylic acids is 1. The third-order valence-electron chi connectivity index (χ3n) is 2.52. The lowest BCUT2D eigenvalue weighted by atomic mass is 10.1. The molecule has 0 spiro atoms. The number of aryl methyl sites for hydroxylation is 1. The molecule has 1 N–H and O–H groups in total. The Bertz CT molecular complexity index is 473. The van der Waals surface area contributed by atoms with Crippen LogP contribution < -0.4 is 4.74 Å². The number of benzene rings is 1. The summed E-state index contributed by atoms with van der Waals surface area (Å²) in [5.41, 5.74) is 2.11. The Kier molecular flexibility index (Phi) is 5.86. The SMILES string of the molecule is C=Cc1cc(CCC=CC(=O)O)ccc1OC(C)C. The van der Waals surface area contributed by atoms with E-state index in [-0.39, 0.29) is 6.10 Å². The van der Waals surface area contributed by atoms with Crippen LogP contribution in [-0.2, 0) is 11.2 Å². The predicted octanol–water partition coefficient (Wildman–Crippen LogP) is 3.69. The number of carboxylic acid groups (broad SMARTS) is 1. The highest BCUT2D eigenvalue weighted by atomic mass is 16.5. The first-order valence-electron chi connectivity index (χ1n) is 6.34. The summed E-state index contributed by atoms with van der Waals surface area (Å²) in [6.07, 6.45) is 6.23. The maximum Gasteiger partial charge on any atom is 0.327 e. The molecular weight excluding hydrogens is 240 g/mol. The van der Waals surface area contributed by atoms with Crippen molar-refractivity contribution in [3.63, 3.8) is 0 Å². The maximum atomic E-state index is 10.3. The third kappa shape index (κ3) is 5.42. The topological polar surface area (TPSA) is 46.5 Å². The van der Waals surface area contributed by atoms with E-state index in [0.717, 1.165) is 23.3 Å². The van der Waals surface area contributed by atoms with Gasteiger partial charge in [0.05, 0.1) is 6.10 Å². The van der Waals surface area contributed by atoms with E-state index in [1.165, 1.54) is 6.08 Å². The van der Waals surface area contributed by atoms with Gasteiger partial charge in [0, 0.05) is 11.6 Å². The van der Waals surface area contributed by atoms with Crippen LogP contribution in [-0.4, -0.2) is 17.2 Å². The van der Waals surface area contributed by atoms with E-state index >= 15 is 0 Å². The second kappa shape index (κ2) is 7.41. The Hall–Kier alpha value is -2.03. The molecule has 0 aliphatic heterocycles. The number of ether oxygens (including phenoxy) is 1. The van der Waals surface area contributed by atoms with Crippen LogP contribution >= 0.6 is 0 Å². The number of hydrogen-bond donors (Lipinski definition) is 1. The molecule has 3 nitrogen and oxygen atoms in total. The van der Waals surface area contributed by atoms with Gasteiger partial charge in [0.15, 0.2) is 0 Å². The van der Waals surface area contributed by atoms with Crippen LogP contribution in [0.4, 0.5) is 0 Å². The van der Waals surface area contributed by atoms with Crippen LogP contribution in [0, 0.1) is 0 Å². The first-order valence-corrected chi connectivity index (χ1v) is 6.34. The summed E-state index contributed by atoms with van der Waals surface area (Å²) in [6, 6.07) is 5.96. The maximum absolute atomic E-state index is 10.3. The molecule has 0 atom stereocenters. The molecule has 1 rings (SSSR count). The van der Waals surface area contributed by atoms with Gasteiger partial charge < -0.3 is 9.84 Å². The van der Waals surface area contributed by atoms with E-state index in [2.05, 4.69) is 6.58 Å². The molecule has 0 fully saturated rings. The van der Waals surface area contributed by atoms with Crippen LogP contribution in [0.15, 0.2) is 36.9 Å². The number of carbonyl (C=O) groups is 1. The van der Waals surface area contributed by atoms with Gasteiger partial charge in [-0.1, -0.05) is 24.8 Å². The van der Waals surface area contributed by atoms with Gasteiger partial charge in [0.25, 0.3) is 0 Å². The fraction of sp³-hybridized carbons (Fsp3) is 0.312. The molecule has 0 aliphatic rings. The van der Waals surface area contributed by atoms with Crippen molar-refractivity contribution in [1.29, 1.82) is 0 Å². The average Bonchev–Trinajstić information content (AvgIpc) is 2.35. The molecular formula is C16H20O3. The summed E-state index contributed by atoms with van der Waals surface area (Å²) in [7, 11) is 0. The Morgan fingerprint density at radius 1 is 1.47 bits per heavy atom. The fourth-order valence-electron chi connectivity index (χ4n) is 1.71. The third-order valence-corrected chi connectivity index (χ3v) is 2.52. The first-order chi connectivity index (χ1) is 9.02. The van der Waals surface area contributed by atoms with E-state index < -0.39 is 5.97 Å². The molecule has 1 aromatic carbocycles. The minimum atomic E-state index is -0.910. The second-order valence-electron chi connectivity index (χ2n) is 4.52. The summed E-state index contributed by atoms with van der Waals surface area (Å²) in [5, 5.41) is 8.50. The van der Waals surface area contributed by atoms with Crippen LogP contribution in [0.25, 0.3) is 6.08 Å². The van der Waals surface area contributed by atoms with Gasteiger partial charge >= 0.3 is 5.97 Å². The monoisotopic (exact) mass is 260 g/mol. The van der Waals surface area contributed by atoms with Gasteiger partial charge in [-0.25, -0.2) is 4.79 Å². The van der Waals surface area contributed by atoms with E-state index in [0.29, 0.717) is 6.42 Å². The van der Waals surface area contributed by atoms with Gasteiger partial charge in [-0.3, -0.25) is 0 Å². The first kappa shape index (κ1) is 15.0. The Labute approximate surface area is 114 Å². The number of allylic oxidation sites excluding steroid dienone is 1. The highest BCUT2D eigenvalue weighted by Gasteiger charge is 2.04. The molecule has 0 unspecified atom stereocenters. The van der Waals surface area contributed by atoms with Gasteiger partial charge in [-0.15, -0.1) is 0 Å². The summed E-state index contributed by atoms with van der Waals surface area (Å²) in [5.74, 6) is -0.0812. The lowest BCUT2D eigenvalue weighted by molar-refractivity contribution is -0.131. The van der Waals surface area contributed by atoms with E-state index in [4.69, 9.17) is 9.84 Å². The van der Waals surface area contributed by atoms with Crippen molar-refractivity contribution in [2.24, 2.45) is 0 Å². The summed E-state index contributed by atoms with van der Waals surface area (Å²) < 4.78 is 5.69. The largest absolute Gasteiger partial charge is 0.490 e. The molecule has 3 heteroatoms. The van der Waals surface area contributed by atoms with Gasteiger partial charge in [0.2, 0.25) is 0 Å². The zero-order valence-corrected chi connectivity index (χ0v) is 11.4. The average molecular weight is 260 g/mol. The Morgan fingerprint density at radius 2 is 2.21 bits per heavy atom. The van der Waals surface area contributed by atoms with Crippen molar-refractivity contribution >= 4 is 12.0 Å². The molecule has 0 saturated heterocycles. The van der Waals surface area contributed by atoms with Crippen molar-refractivity contribution in [1.82, 2.24) is 0 Å². The molecule has 0 radical (unpaired) electrons. The van der Waals surface area contributed by atoms with Crippen molar-refractivity contribution in [3.8, 4) is 5.75 Å². The molecule has 19 heavy (non-hydrogen) atoms. The second-order valence-corrected chi connectivity index (χ2v) is 4.52. The van der Waals surface area contributed by atoms with Crippen molar-refractivity contribution in [2.75, 3.05) is 0 Å². The molecule has 1 aromatic rings. The molecule has 0 heterocycles. The molecule has 102 valence electrons. The van der Waals surface area contributed by atoms with Gasteiger partial charge in [-0.05, 0) is 44.4 Å². The highest BCUT2D eigenvalue weighted by Crippen LogP contribution is 2.23. The van der Waals surface area contributed by atoms with Gasteiger partial charge in [-0.2, -0.15) is 0 Å². The van der Waals surface area contributed by atoms with E-state index in [1.54, 1.807) is 12.2 Å². The van der Waals surface area contributed by atoms with E-state index in [9.17, 15) is 4.79 Å². The van der Waals surface area contributed by atoms with Crippen LogP contribution in [0.5, 0.6) is 5.75 Å². The number of rotatable bonds is 7. The standard InChI is InChI=1S/C16H20O3/c1-4-14-11-13(7-5-6-8-16(17)18)9-10-15(14)19-12(2)3/h4,6,8-12H,1,5,7H2,2-3H3,(H,17,18).